The van der Waals surface area contributed by atoms with Crippen molar-refractivity contribution in [3.05, 3.63) is 0 Å². The molecule has 0 bridgehead atoms. The first-order valence-corrected chi connectivity index (χ1v) is 7.78. The Labute approximate surface area is 118 Å². The van der Waals surface area contributed by atoms with Crippen LogP contribution in [0.3, 0.4) is 0 Å². The van der Waals surface area contributed by atoms with Gasteiger partial charge >= 0.3 is 19.7 Å². The van der Waals surface area contributed by atoms with E-state index in [1.54, 1.807) is 20.8 Å². The van der Waals surface area contributed by atoms with Gasteiger partial charge in [0.1, 0.15) is 5.60 Å². The van der Waals surface area contributed by atoms with Gasteiger partial charge in [-0.1, -0.05) is 0 Å². The minimum absolute atomic E-state index is 0.0168. The van der Waals surface area contributed by atoms with Crippen LogP contribution in [0.4, 0.5) is 4.79 Å². The van der Waals surface area contributed by atoms with Crippen molar-refractivity contribution in [2.24, 2.45) is 0 Å². The van der Waals surface area contributed by atoms with Gasteiger partial charge in [-0.3, -0.25) is 9.88 Å². The number of hydrogen-bond donors (Lipinski definition) is 2. The van der Waals surface area contributed by atoms with E-state index in [2.05, 4.69) is 0 Å². The predicted octanol–water partition coefficient (Wildman–Crippen LogP) is 2.19. The highest BCUT2D eigenvalue weighted by molar-refractivity contribution is 7.55. The van der Waals surface area contributed by atoms with E-state index in [0.29, 0.717) is 0 Å². The quantitative estimate of drug-likeness (QED) is 0.693. The zero-order valence-corrected chi connectivity index (χ0v) is 13.2. The Morgan fingerprint density at radius 3 is 1.95 bits per heavy atom. The molecule has 8 nitrogen and oxygen atoms in total. The first-order valence-electron chi connectivity index (χ1n) is 6.16. The fourth-order valence-electron chi connectivity index (χ4n) is 1.24. The highest BCUT2D eigenvalue weighted by Gasteiger charge is 2.43. The predicted molar refractivity (Wildman–Crippen MR) is 71.7 cm³/mol. The van der Waals surface area contributed by atoms with Gasteiger partial charge in [-0.05, 0) is 34.6 Å². The fourth-order valence-corrected chi connectivity index (χ4v) is 2.87. The van der Waals surface area contributed by atoms with E-state index in [4.69, 9.17) is 18.9 Å². The van der Waals surface area contributed by atoms with Gasteiger partial charge in [0.15, 0.2) is 0 Å². The molecule has 118 valence electrons. The van der Waals surface area contributed by atoms with Gasteiger partial charge < -0.3 is 18.9 Å². The molecule has 1 unspecified atom stereocenters. The summed E-state index contributed by atoms with van der Waals surface area (Å²) in [6, 6.07) is 0. The normalized spacial score (nSPS) is 13.7. The second kappa shape index (κ2) is 7.61. The number of aliphatic carboxylic acids is 1. The molecule has 20 heavy (non-hydrogen) atoms. The Morgan fingerprint density at radius 1 is 1.20 bits per heavy atom. The number of carboxylic acid groups (broad SMARTS) is 1. The summed E-state index contributed by atoms with van der Waals surface area (Å²) in [6.45, 7) is 7.90. The fraction of sp³-hybridized carbons (Fsp3) is 0.818. The smallest absolute Gasteiger partial charge is 0.408 e. The summed E-state index contributed by atoms with van der Waals surface area (Å²) in [5.74, 6) is -3.35. The average Bonchev–Trinajstić information content (AvgIpc) is 2.23. The first kappa shape index (κ1) is 18.9. The lowest BCUT2D eigenvalue weighted by Crippen LogP contribution is -2.44. The van der Waals surface area contributed by atoms with E-state index in [1.165, 1.54) is 13.8 Å². The van der Waals surface area contributed by atoms with Crippen molar-refractivity contribution in [1.82, 2.24) is 5.32 Å². The Bertz CT molecular complexity index is 381. The number of rotatable bonds is 7. The summed E-state index contributed by atoms with van der Waals surface area (Å²) in [5.41, 5.74) is -0.811. The number of carbonyl (C=O) groups excluding carboxylic acids is 1. The van der Waals surface area contributed by atoms with Crippen molar-refractivity contribution < 1.29 is 33.0 Å². The molecule has 0 aliphatic heterocycles. The van der Waals surface area contributed by atoms with Gasteiger partial charge in [-0.15, -0.1) is 0 Å². The molecule has 0 saturated heterocycles. The molecule has 0 aromatic carbocycles. The maximum absolute atomic E-state index is 12.4. The minimum atomic E-state index is -4.02. The van der Waals surface area contributed by atoms with E-state index in [0.717, 1.165) is 0 Å². The van der Waals surface area contributed by atoms with Crippen molar-refractivity contribution in [1.29, 1.82) is 0 Å². The molecule has 9 heteroatoms. The van der Waals surface area contributed by atoms with Crippen LogP contribution < -0.4 is 5.32 Å². The summed E-state index contributed by atoms with van der Waals surface area (Å²) in [7, 11) is -4.02. The van der Waals surface area contributed by atoms with E-state index in [1.807, 2.05) is 5.32 Å². The zero-order valence-electron chi connectivity index (χ0n) is 12.3. The lowest BCUT2D eigenvalue weighted by Gasteiger charge is -2.26. The standard InChI is InChI=1S/C11H22NO7P/c1-6-17-20(16,18-7-2)8(9(13)14)12-10(15)19-11(3,4)5/h8H,6-7H2,1-5H3,(H,12,15)(H,13,14). The second-order valence-corrected chi connectivity index (χ2v) is 6.87. The van der Waals surface area contributed by atoms with E-state index in [-0.39, 0.29) is 13.2 Å². The highest BCUT2D eigenvalue weighted by atomic mass is 31.2. The third kappa shape index (κ3) is 6.36. The van der Waals surface area contributed by atoms with Crippen molar-refractivity contribution in [3.63, 3.8) is 0 Å². The number of alkyl carbamates (subject to hydrolysis) is 1. The van der Waals surface area contributed by atoms with Crippen LogP contribution >= 0.6 is 7.60 Å². The zero-order chi connectivity index (χ0) is 16.0. The summed E-state index contributed by atoms with van der Waals surface area (Å²) >= 11 is 0. The molecule has 0 heterocycles. The van der Waals surface area contributed by atoms with Gasteiger partial charge in [-0.25, -0.2) is 9.59 Å². The van der Waals surface area contributed by atoms with Crippen LogP contribution in [0.15, 0.2) is 0 Å². The monoisotopic (exact) mass is 311 g/mol. The van der Waals surface area contributed by atoms with Crippen molar-refractivity contribution in [3.8, 4) is 0 Å². The third-order valence-electron chi connectivity index (χ3n) is 1.82. The van der Waals surface area contributed by atoms with Crippen molar-refractivity contribution >= 4 is 19.7 Å². The molecule has 0 fully saturated rings. The Morgan fingerprint density at radius 2 is 1.65 bits per heavy atom. The molecule has 0 radical (unpaired) electrons. The van der Waals surface area contributed by atoms with Crippen LogP contribution in [0.2, 0.25) is 0 Å². The summed E-state index contributed by atoms with van der Waals surface area (Å²) in [5, 5.41) is 11.1. The van der Waals surface area contributed by atoms with Crippen LogP contribution in [-0.4, -0.2) is 41.8 Å². The van der Waals surface area contributed by atoms with Gasteiger partial charge in [-0.2, -0.15) is 0 Å². The molecule has 1 amide bonds. The van der Waals surface area contributed by atoms with Crippen molar-refractivity contribution in [2.45, 2.75) is 46.0 Å². The lowest BCUT2D eigenvalue weighted by molar-refractivity contribution is -0.137. The third-order valence-corrected chi connectivity index (χ3v) is 4.04. The van der Waals surface area contributed by atoms with E-state index >= 15 is 0 Å². The molecule has 0 saturated carbocycles. The van der Waals surface area contributed by atoms with Crippen LogP contribution in [-0.2, 0) is 23.1 Å². The minimum Gasteiger partial charge on any atom is -0.479 e. The number of amides is 1. The summed E-state index contributed by atoms with van der Waals surface area (Å²) in [4.78, 5) is 22.8. The largest absolute Gasteiger partial charge is 0.479 e. The highest BCUT2D eigenvalue weighted by Crippen LogP contribution is 2.52. The van der Waals surface area contributed by atoms with Crippen LogP contribution in [0.5, 0.6) is 0 Å². The summed E-state index contributed by atoms with van der Waals surface area (Å²) < 4.78 is 27.1. The van der Waals surface area contributed by atoms with Gasteiger partial charge in [0.25, 0.3) is 0 Å². The SMILES string of the molecule is CCOP(=O)(OCC)C(NC(=O)OC(C)(C)C)C(=O)O. The molecule has 1 atom stereocenters. The first-order chi connectivity index (χ1) is 9.05. The van der Waals surface area contributed by atoms with E-state index in [9.17, 15) is 14.2 Å². The Kier molecular flexibility index (Phi) is 7.19. The topological polar surface area (TPSA) is 111 Å². The van der Waals surface area contributed by atoms with Gasteiger partial charge in [0, 0.05) is 0 Å². The number of carboxylic acids is 1. The molecule has 0 rings (SSSR count). The number of ether oxygens (including phenoxy) is 1. The number of nitrogens with one attached hydrogen (secondary N) is 1. The van der Waals surface area contributed by atoms with E-state index < -0.39 is 31.0 Å². The Hall–Kier alpha value is -1.11. The Balaban J connectivity index is 5.08. The molecule has 0 aliphatic rings. The maximum Gasteiger partial charge on any atom is 0.408 e. The molecule has 0 spiro atoms. The molecule has 0 aromatic heterocycles. The molecule has 0 aromatic rings. The van der Waals surface area contributed by atoms with Crippen molar-refractivity contribution in [2.75, 3.05) is 13.2 Å². The molecule has 2 N–H and O–H groups in total. The van der Waals surface area contributed by atoms with Crippen LogP contribution in [0.25, 0.3) is 0 Å². The molecule has 0 aliphatic carbocycles. The number of hydrogen-bond acceptors (Lipinski definition) is 6. The number of carbonyl (C=O) groups is 2. The second-order valence-electron chi connectivity index (χ2n) is 4.76. The molecular formula is C11H22NO7P. The van der Waals surface area contributed by atoms with Gasteiger partial charge in [0.2, 0.25) is 5.78 Å². The summed E-state index contributed by atoms with van der Waals surface area (Å²) in [6.07, 6.45) is -1.01. The average molecular weight is 311 g/mol. The van der Waals surface area contributed by atoms with Crippen LogP contribution in [0.1, 0.15) is 34.6 Å². The lowest BCUT2D eigenvalue weighted by atomic mass is 10.2. The maximum atomic E-state index is 12.4. The van der Waals surface area contributed by atoms with Gasteiger partial charge in [0.05, 0.1) is 13.2 Å². The van der Waals surface area contributed by atoms with Crippen LogP contribution in [0, 0.1) is 0 Å². The molecular weight excluding hydrogens is 289 g/mol.